The Kier molecular flexibility index (Phi) is 5.90. The van der Waals surface area contributed by atoms with E-state index in [-0.39, 0.29) is 17.8 Å². The van der Waals surface area contributed by atoms with Crippen molar-refractivity contribution in [3.63, 3.8) is 0 Å². The van der Waals surface area contributed by atoms with Crippen molar-refractivity contribution in [1.29, 1.82) is 0 Å². The van der Waals surface area contributed by atoms with Gasteiger partial charge in [0.2, 0.25) is 0 Å². The number of anilines is 1. The number of esters is 1. The molecule has 2 aromatic carbocycles. The number of rotatable bonds is 4. The summed E-state index contributed by atoms with van der Waals surface area (Å²) in [6.07, 6.45) is 0. The van der Waals surface area contributed by atoms with Gasteiger partial charge in [0.25, 0.3) is 0 Å². The Hall–Kier alpha value is -3.09. The lowest BCUT2D eigenvalue weighted by molar-refractivity contribution is 0.0600. The van der Waals surface area contributed by atoms with Gasteiger partial charge in [-0.2, -0.15) is 0 Å². The number of halogens is 1. The Morgan fingerprint density at radius 2 is 1.63 bits per heavy atom. The third kappa shape index (κ3) is 4.75. The lowest BCUT2D eigenvalue weighted by Crippen LogP contribution is -2.51. The van der Waals surface area contributed by atoms with Crippen LogP contribution in [0.15, 0.2) is 48.5 Å². The molecule has 0 bridgehead atoms. The van der Waals surface area contributed by atoms with Crippen molar-refractivity contribution >= 4 is 17.7 Å². The highest BCUT2D eigenvalue weighted by molar-refractivity contribution is 5.89. The molecular formula is C20H22FN3O3. The van der Waals surface area contributed by atoms with E-state index < -0.39 is 0 Å². The third-order valence-corrected chi connectivity index (χ3v) is 4.58. The van der Waals surface area contributed by atoms with Gasteiger partial charge in [-0.25, -0.2) is 14.0 Å². The van der Waals surface area contributed by atoms with Gasteiger partial charge in [0.05, 0.1) is 12.7 Å². The van der Waals surface area contributed by atoms with Crippen LogP contribution in [0.2, 0.25) is 0 Å². The maximum atomic E-state index is 12.9. The van der Waals surface area contributed by atoms with Crippen LogP contribution in [-0.2, 0) is 11.3 Å². The molecule has 0 unspecified atom stereocenters. The number of urea groups is 1. The van der Waals surface area contributed by atoms with Crippen molar-refractivity contribution in [2.45, 2.75) is 6.54 Å². The second kappa shape index (κ2) is 8.53. The first kappa shape index (κ1) is 18.7. The number of amides is 2. The molecule has 2 aromatic rings. The van der Waals surface area contributed by atoms with Gasteiger partial charge in [0.15, 0.2) is 0 Å². The van der Waals surface area contributed by atoms with Crippen LogP contribution in [0, 0.1) is 5.82 Å². The van der Waals surface area contributed by atoms with Crippen molar-refractivity contribution in [2.24, 2.45) is 0 Å². The molecule has 0 aliphatic carbocycles. The normalized spacial score (nSPS) is 14.0. The van der Waals surface area contributed by atoms with Crippen LogP contribution in [-0.4, -0.2) is 50.2 Å². The quantitative estimate of drug-likeness (QED) is 0.840. The van der Waals surface area contributed by atoms with Crippen molar-refractivity contribution in [3.05, 3.63) is 65.5 Å². The number of hydrogen-bond donors (Lipinski definition) is 1. The Balaban J connectivity index is 1.48. The Morgan fingerprint density at radius 1 is 1.00 bits per heavy atom. The molecule has 1 aliphatic heterocycles. The zero-order valence-electron chi connectivity index (χ0n) is 15.2. The molecule has 27 heavy (non-hydrogen) atoms. The second-order valence-corrected chi connectivity index (χ2v) is 6.30. The van der Waals surface area contributed by atoms with Crippen molar-refractivity contribution in [3.8, 4) is 0 Å². The maximum absolute atomic E-state index is 12.9. The fraction of sp³-hybridized carbons (Fsp3) is 0.300. The number of benzene rings is 2. The van der Waals surface area contributed by atoms with E-state index in [0.717, 1.165) is 11.3 Å². The summed E-state index contributed by atoms with van der Waals surface area (Å²) in [5.41, 5.74) is 2.38. The highest BCUT2D eigenvalue weighted by Crippen LogP contribution is 2.18. The van der Waals surface area contributed by atoms with Gasteiger partial charge in [0.1, 0.15) is 5.82 Å². The molecule has 0 spiro atoms. The maximum Gasteiger partial charge on any atom is 0.337 e. The lowest BCUT2D eigenvalue weighted by Gasteiger charge is -2.36. The van der Waals surface area contributed by atoms with E-state index >= 15 is 0 Å². The van der Waals surface area contributed by atoms with Gasteiger partial charge in [-0.1, -0.05) is 12.1 Å². The highest BCUT2D eigenvalue weighted by atomic mass is 19.1. The molecule has 1 fully saturated rings. The first-order valence-corrected chi connectivity index (χ1v) is 8.77. The Labute approximate surface area is 157 Å². The Bertz CT molecular complexity index is 785. The predicted octanol–water partition coefficient (Wildman–Crippen LogP) is 2.64. The van der Waals surface area contributed by atoms with Crippen LogP contribution in [0.3, 0.4) is 0 Å². The third-order valence-electron chi connectivity index (χ3n) is 4.58. The number of methoxy groups -OCH3 is 1. The van der Waals surface area contributed by atoms with E-state index in [1.54, 1.807) is 29.2 Å². The molecule has 0 aromatic heterocycles. The summed E-state index contributed by atoms with van der Waals surface area (Å²) in [4.78, 5) is 27.7. The van der Waals surface area contributed by atoms with Crippen LogP contribution in [0.25, 0.3) is 0 Å². The van der Waals surface area contributed by atoms with Crippen LogP contribution in [0.1, 0.15) is 15.9 Å². The summed E-state index contributed by atoms with van der Waals surface area (Å²) < 4.78 is 17.6. The molecule has 0 radical (unpaired) electrons. The van der Waals surface area contributed by atoms with Gasteiger partial charge in [-0.3, -0.25) is 0 Å². The van der Waals surface area contributed by atoms with Crippen molar-refractivity contribution in [1.82, 2.24) is 10.2 Å². The fourth-order valence-corrected chi connectivity index (χ4v) is 2.99. The zero-order chi connectivity index (χ0) is 19.2. The van der Waals surface area contributed by atoms with E-state index in [1.165, 1.54) is 19.2 Å². The lowest BCUT2D eigenvalue weighted by atomic mass is 10.2. The summed E-state index contributed by atoms with van der Waals surface area (Å²) >= 11 is 0. The zero-order valence-corrected chi connectivity index (χ0v) is 15.2. The van der Waals surface area contributed by atoms with Crippen molar-refractivity contribution < 1.29 is 18.7 Å². The molecule has 0 atom stereocenters. The predicted molar refractivity (Wildman–Crippen MR) is 100 cm³/mol. The molecule has 0 saturated carbocycles. The largest absolute Gasteiger partial charge is 0.465 e. The molecule has 1 N–H and O–H groups in total. The average Bonchev–Trinajstić information content (AvgIpc) is 2.73. The summed E-state index contributed by atoms with van der Waals surface area (Å²) in [5.74, 6) is -0.648. The number of nitrogens with one attached hydrogen (secondary N) is 1. The minimum absolute atomic E-state index is 0.125. The van der Waals surface area contributed by atoms with Gasteiger partial charge in [0, 0.05) is 38.4 Å². The van der Waals surface area contributed by atoms with Gasteiger partial charge < -0.3 is 19.9 Å². The van der Waals surface area contributed by atoms with Crippen LogP contribution < -0.4 is 10.2 Å². The topological polar surface area (TPSA) is 61.9 Å². The van der Waals surface area contributed by atoms with Crippen LogP contribution in [0.4, 0.5) is 14.9 Å². The molecule has 1 aliphatic rings. The summed E-state index contributed by atoms with van der Waals surface area (Å²) in [6, 6.07) is 13.2. The standard InChI is InChI=1S/C20H22FN3O3/c1-27-19(25)16-4-8-18(9-5-16)23-10-12-24(13-11-23)20(26)22-14-15-2-6-17(21)7-3-15/h2-9H,10-14H2,1H3,(H,22,26). The molecule has 6 nitrogen and oxygen atoms in total. The molecule has 142 valence electrons. The van der Waals surface area contributed by atoms with E-state index in [0.29, 0.717) is 38.3 Å². The molecule has 1 saturated heterocycles. The monoisotopic (exact) mass is 371 g/mol. The minimum Gasteiger partial charge on any atom is -0.465 e. The van der Waals surface area contributed by atoms with E-state index in [9.17, 15) is 14.0 Å². The molecule has 3 rings (SSSR count). The number of piperazine rings is 1. The number of hydrogen-bond acceptors (Lipinski definition) is 4. The number of ether oxygens (including phenoxy) is 1. The molecule has 1 heterocycles. The molecule has 2 amide bonds. The number of nitrogens with zero attached hydrogens (tertiary/aromatic N) is 2. The smallest absolute Gasteiger partial charge is 0.337 e. The first-order valence-electron chi connectivity index (χ1n) is 8.77. The Morgan fingerprint density at radius 3 is 2.22 bits per heavy atom. The number of carbonyl (C=O) groups is 2. The van der Waals surface area contributed by atoms with E-state index in [1.807, 2.05) is 12.1 Å². The van der Waals surface area contributed by atoms with Gasteiger partial charge in [-0.15, -0.1) is 0 Å². The summed E-state index contributed by atoms with van der Waals surface area (Å²) in [5, 5.41) is 2.86. The number of carbonyl (C=O) groups excluding carboxylic acids is 2. The first-order chi connectivity index (χ1) is 13.1. The average molecular weight is 371 g/mol. The van der Waals surface area contributed by atoms with Crippen molar-refractivity contribution in [2.75, 3.05) is 38.2 Å². The minimum atomic E-state index is -0.357. The highest BCUT2D eigenvalue weighted by Gasteiger charge is 2.21. The SMILES string of the molecule is COC(=O)c1ccc(N2CCN(C(=O)NCc3ccc(F)cc3)CC2)cc1. The van der Waals surface area contributed by atoms with Crippen LogP contribution >= 0.6 is 0 Å². The second-order valence-electron chi connectivity index (χ2n) is 6.30. The van der Waals surface area contributed by atoms with Crippen LogP contribution in [0.5, 0.6) is 0 Å². The molecular weight excluding hydrogens is 349 g/mol. The summed E-state index contributed by atoms with van der Waals surface area (Å²) in [6.45, 7) is 3.00. The fourth-order valence-electron chi connectivity index (χ4n) is 2.99. The summed E-state index contributed by atoms with van der Waals surface area (Å²) in [7, 11) is 1.36. The van der Waals surface area contributed by atoms with E-state index in [4.69, 9.17) is 4.74 Å². The van der Waals surface area contributed by atoms with Gasteiger partial charge >= 0.3 is 12.0 Å². The van der Waals surface area contributed by atoms with E-state index in [2.05, 4.69) is 10.2 Å². The van der Waals surface area contributed by atoms with Gasteiger partial charge in [-0.05, 0) is 42.0 Å². The molecule has 7 heteroatoms.